The van der Waals surface area contributed by atoms with Gasteiger partial charge in [-0.15, -0.1) is 0 Å². The van der Waals surface area contributed by atoms with Gasteiger partial charge in [-0.05, 0) is 25.5 Å². The molecule has 0 bridgehead atoms. The lowest BCUT2D eigenvalue weighted by molar-refractivity contribution is 0.0884. The average molecular weight is 226 g/mol. The molecule has 0 saturated heterocycles. The summed E-state index contributed by atoms with van der Waals surface area (Å²) >= 11 is 0. The predicted molar refractivity (Wildman–Crippen MR) is 63.9 cm³/mol. The molecule has 16 heavy (non-hydrogen) atoms. The second-order valence-electron chi connectivity index (χ2n) is 4.62. The van der Waals surface area contributed by atoms with Crippen molar-refractivity contribution in [1.82, 2.24) is 0 Å². The van der Waals surface area contributed by atoms with E-state index >= 15 is 0 Å². The lowest BCUT2D eigenvalue weighted by Gasteiger charge is -2.29. The van der Waals surface area contributed by atoms with Gasteiger partial charge in [-0.25, -0.2) is 4.39 Å². The van der Waals surface area contributed by atoms with Gasteiger partial charge in [0.2, 0.25) is 0 Å². The molecule has 1 aromatic rings. The molecular weight excluding hydrogens is 207 g/mol. The molecule has 0 atom stereocenters. The summed E-state index contributed by atoms with van der Waals surface area (Å²) < 4.78 is 13.7. The molecular formula is C12H19FN2O. The van der Waals surface area contributed by atoms with Crippen molar-refractivity contribution in [2.24, 2.45) is 5.73 Å². The Morgan fingerprint density at radius 3 is 2.56 bits per heavy atom. The Morgan fingerprint density at radius 2 is 2.06 bits per heavy atom. The second kappa shape index (κ2) is 4.80. The summed E-state index contributed by atoms with van der Waals surface area (Å²) in [7, 11) is 1.75. The molecule has 3 nitrogen and oxygen atoms in total. The first-order valence-corrected chi connectivity index (χ1v) is 5.26. The van der Waals surface area contributed by atoms with Crippen LogP contribution in [0.2, 0.25) is 0 Å². The molecule has 0 fully saturated rings. The number of nitrogens with zero attached hydrogens (tertiary/aromatic N) is 1. The molecule has 0 aliphatic rings. The minimum absolute atomic E-state index is 0.281. The molecule has 0 radical (unpaired) electrons. The van der Waals surface area contributed by atoms with E-state index in [1.54, 1.807) is 37.9 Å². The van der Waals surface area contributed by atoms with E-state index in [1.807, 2.05) is 0 Å². The summed E-state index contributed by atoms with van der Waals surface area (Å²) in [5, 5.41) is 9.71. The predicted octanol–water partition coefficient (Wildman–Crippen LogP) is 1.49. The first-order chi connectivity index (χ1) is 7.35. The topological polar surface area (TPSA) is 49.5 Å². The largest absolute Gasteiger partial charge is 0.389 e. The molecule has 0 aliphatic carbocycles. The van der Waals surface area contributed by atoms with Crippen molar-refractivity contribution in [2.45, 2.75) is 26.0 Å². The number of halogens is 1. The van der Waals surface area contributed by atoms with Gasteiger partial charge in [0, 0.05) is 20.1 Å². The van der Waals surface area contributed by atoms with E-state index in [1.165, 1.54) is 6.07 Å². The Kier molecular flexibility index (Phi) is 3.88. The minimum Gasteiger partial charge on any atom is -0.389 e. The molecule has 0 heterocycles. The van der Waals surface area contributed by atoms with Crippen LogP contribution < -0.4 is 10.6 Å². The van der Waals surface area contributed by atoms with E-state index in [-0.39, 0.29) is 12.4 Å². The maximum Gasteiger partial charge on any atom is 0.146 e. The van der Waals surface area contributed by atoms with Gasteiger partial charge >= 0.3 is 0 Å². The Balaban J connectivity index is 3.02. The number of rotatable bonds is 4. The minimum atomic E-state index is -0.872. The van der Waals surface area contributed by atoms with Crippen LogP contribution in [0.3, 0.4) is 0 Å². The zero-order valence-electron chi connectivity index (χ0n) is 10.00. The Labute approximate surface area is 95.7 Å². The van der Waals surface area contributed by atoms with Crippen LogP contribution in [-0.4, -0.2) is 24.3 Å². The SMILES string of the molecule is CN(CC(C)(C)O)c1c(F)cccc1CN. The van der Waals surface area contributed by atoms with E-state index in [2.05, 4.69) is 0 Å². The third-order valence-electron chi connectivity index (χ3n) is 2.30. The smallest absolute Gasteiger partial charge is 0.146 e. The number of likely N-dealkylation sites (N-methyl/N-ethyl adjacent to an activating group) is 1. The maximum atomic E-state index is 13.7. The zero-order chi connectivity index (χ0) is 12.3. The second-order valence-corrected chi connectivity index (χ2v) is 4.62. The molecule has 1 aromatic carbocycles. The zero-order valence-corrected chi connectivity index (χ0v) is 10.00. The van der Waals surface area contributed by atoms with Gasteiger partial charge in [0.1, 0.15) is 5.82 Å². The van der Waals surface area contributed by atoms with Crippen molar-refractivity contribution < 1.29 is 9.50 Å². The summed E-state index contributed by atoms with van der Waals surface area (Å²) in [6.45, 7) is 4.00. The van der Waals surface area contributed by atoms with E-state index in [0.29, 0.717) is 12.2 Å². The highest BCUT2D eigenvalue weighted by Gasteiger charge is 2.19. The Hall–Kier alpha value is -1.13. The highest BCUT2D eigenvalue weighted by molar-refractivity contribution is 5.54. The first-order valence-electron chi connectivity index (χ1n) is 5.26. The standard InChI is InChI=1S/C12H19FN2O/c1-12(2,16)8-15(3)11-9(7-14)5-4-6-10(11)13/h4-6,16H,7-8,14H2,1-3H3. The van der Waals surface area contributed by atoms with E-state index in [9.17, 15) is 9.50 Å². The molecule has 0 saturated carbocycles. The van der Waals surface area contributed by atoms with Crippen molar-refractivity contribution in [3.63, 3.8) is 0 Å². The average Bonchev–Trinajstić information content (AvgIpc) is 2.14. The molecule has 4 heteroatoms. The van der Waals surface area contributed by atoms with Crippen molar-refractivity contribution in [2.75, 3.05) is 18.5 Å². The van der Waals surface area contributed by atoms with Crippen LogP contribution >= 0.6 is 0 Å². The number of hydrogen-bond acceptors (Lipinski definition) is 3. The summed E-state index contributed by atoms with van der Waals surface area (Å²) in [5.74, 6) is -0.310. The Morgan fingerprint density at radius 1 is 1.44 bits per heavy atom. The molecule has 0 amide bonds. The third kappa shape index (κ3) is 3.18. The first kappa shape index (κ1) is 12.9. The normalized spacial score (nSPS) is 11.6. The fraction of sp³-hybridized carbons (Fsp3) is 0.500. The fourth-order valence-corrected chi connectivity index (χ4v) is 1.81. The highest BCUT2D eigenvalue weighted by Crippen LogP contribution is 2.24. The lowest BCUT2D eigenvalue weighted by atomic mass is 10.1. The third-order valence-corrected chi connectivity index (χ3v) is 2.30. The van der Waals surface area contributed by atoms with Crippen molar-refractivity contribution in [1.29, 1.82) is 0 Å². The van der Waals surface area contributed by atoms with Crippen LogP contribution in [0.1, 0.15) is 19.4 Å². The number of benzene rings is 1. The number of hydrogen-bond donors (Lipinski definition) is 2. The van der Waals surface area contributed by atoms with E-state index < -0.39 is 5.60 Å². The summed E-state index contributed by atoms with van der Waals surface area (Å²) in [6.07, 6.45) is 0. The number of para-hydroxylation sites is 1. The molecule has 0 unspecified atom stereocenters. The molecule has 90 valence electrons. The van der Waals surface area contributed by atoms with Crippen LogP contribution in [-0.2, 0) is 6.54 Å². The van der Waals surface area contributed by atoms with Gasteiger partial charge in [-0.3, -0.25) is 0 Å². The van der Waals surface area contributed by atoms with Crippen LogP contribution in [0.4, 0.5) is 10.1 Å². The van der Waals surface area contributed by atoms with Crippen LogP contribution in [0.15, 0.2) is 18.2 Å². The van der Waals surface area contributed by atoms with Crippen molar-refractivity contribution in [3.8, 4) is 0 Å². The lowest BCUT2D eigenvalue weighted by Crippen LogP contribution is -2.37. The van der Waals surface area contributed by atoms with Gasteiger partial charge < -0.3 is 15.7 Å². The van der Waals surface area contributed by atoms with E-state index in [4.69, 9.17) is 5.73 Å². The van der Waals surface area contributed by atoms with Gasteiger partial charge in [0.05, 0.1) is 11.3 Å². The number of aliphatic hydroxyl groups is 1. The summed E-state index contributed by atoms with van der Waals surface area (Å²) in [5.41, 5.74) is 5.90. The molecule has 0 aromatic heterocycles. The van der Waals surface area contributed by atoms with Crippen LogP contribution in [0.5, 0.6) is 0 Å². The van der Waals surface area contributed by atoms with Crippen molar-refractivity contribution in [3.05, 3.63) is 29.6 Å². The quantitative estimate of drug-likeness (QED) is 0.817. The van der Waals surface area contributed by atoms with Crippen molar-refractivity contribution >= 4 is 5.69 Å². The monoisotopic (exact) mass is 226 g/mol. The van der Waals surface area contributed by atoms with E-state index in [0.717, 1.165) is 5.56 Å². The van der Waals surface area contributed by atoms with Gasteiger partial charge in [0.25, 0.3) is 0 Å². The summed E-state index contributed by atoms with van der Waals surface area (Å²) in [4.78, 5) is 1.69. The molecule has 0 spiro atoms. The van der Waals surface area contributed by atoms with Gasteiger partial charge in [0.15, 0.2) is 0 Å². The molecule has 0 aliphatic heterocycles. The highest BCUT2D eigenvalue weighted by atomic mass is 19.1. The molecule has 1 rings (SSSR count). The summed E-state index contributed by atoms with van der Waals surface area (Å²) in [6, 6.07) is 4.83. The number of nitrogens with two attached hydrogens (primary N) is 1. The van der Waals surface area contributed by atoms with Crippen LogP contribution in [0.25, 0.3) is 0 Å². The fourth-order valence-electron chi connectivity index (χ4n) is 1.81. The maximum absolute atomic E-state index is 13.7. The Bertz CT molecular complexity index is 361. The van der Waals surface area contributed by atoms with Gasteiger partial charge in [-0.2, -0.15) is 0 Å². The number of anilines is 1. The van der Waals surface area contributed by atoms with Gasteiger partial charge in [-0.1, -0.05) is 12.1 Å². The molecule has 3 N–H and O–H groups in total. The van der Waals surface area contributed by atoms with Crippen LogP contribution in [0, 0.1) is 5.82 Å².